The predicted octanol–water partition coefficient (Wildman–Crippen LogP) is 3.12. The summed E-state index contributed by atoms with van der Waals surface area (Å²) in [5.74, 6) is 0. The van der Waals surface area contributed by atoms with Crippen LogP contribution in [0.5, 0.6) is 0 Å². The SMILES string of the molecule is Cc1ccc(S(=O)(=O)N[C@H](CN(C)C)c2ccccc2)c2cccnc12. The fourth-order valence-corrected chi connectivity index (χ4v) is 4.45. The molecule has 1 N–H and O–H groups in total. The van der Waals surface area contributed by atoms with Gasteiger partial charge in [0.25, 0.3) is 0 Å². The summed E-state index contributed by atoms with van der Waals surface area (Å²) >= 11 is 0. The predicted molar refractivity (Wildman–Crippen MR) is 105 cm³/mol. The molecule has 0 aliphatic rings. The van der Waals surface area contributed by atoms with Gasteiger partial charge in [0.2, 0.25) is 10.0 Å². The van der Waals surface area contributed by atoms with Gasteiger partial charge in [-0.3, -0.25) is 4.98 Å². The zero-order chi connectivity index (χ0) is 18.7. The second-order valence-corrected chi connectivity index (χ2v) is 8.31. The van der Waals surface area contributed by atoms with Crippen LogP contribution in [-0.4, -0.2) is 38.9 Å². The molecule has 0 spiro atoms. The van der Waals surface area contributed by atoms with Gasteiger partial charge >= 0.3 is 0 Å². The minimum Gasteiger partial charge on any atom is -0.307 e. The molecule has 3 aromatic rings. The summed E-state index contributed by atoms with van der Waals surface area (Å²) in [6.07, 6.45) is 1.68. The van der Waals surface area contributed by atoms with Crippen LogP contribution in [0.2, 0.25) is 0 Å². The molecule has 1 heterocycles. The number of nitrogens with one attached hydrogen (secondary N) is 1. The highest BCUT2D eigenvalue weighted by Crippen LogP contribution is 2.26. The highest BCUT2D eigenvalue weighted by atomic mass is 32.2. The number of pyridine rings is 1. The first-order valence-corrected chi connectivity index (χ1v) is 9.93. The van der Waals surface area contributed by atoms with E-state index in [2.05, 4.69) is 9.71 Å². The molecule has 1 aromatic heterocycles. The molecular weight excluding hydrogens is 346 g/mol. The third kappa shape index (κ3) is 3.93. The largest absolute Gasteiger partial charge is 0.307 e. The maximum Gasteiger partial charge on any atom is 0.241 e. The number of hydrogen-bond donors (Lipinski definition) is 1. The zero-order valence-electron chi connectivity index (χ0n) is 15.2. The van der Waals surface area contributed by atoms with E-state index in [1.54, 1.807) is 30.5 Å². The average Bonchev–Trinajstić information content (AvgIpc) is 2.61. The molecule has 0 saturated heterocycles. The summed E-state index contributed by atoms with van der Waals surface area (Å²) in [5.41, 5.74) is 2.59. The molecule has 136 valence electrons. The molecular formula is C20H23N3O2S. The van der Waals surface area contributed by atoms with Crippen molar-refractivity contribution >= 4 is 20.9 Å². The van der Waals surface area contributed by atoms with E-state index in [9.17, 15) is 8.42 Å². The van der Waals surface area contributed by atoms with Crippen molar-refractivity contribution in [3.05, 3.63) is 71.9 Å². The Morgan fingerprint density at radius 2 is 1.77 bits per heavy atom. The number of benzene rings is 2. The van der Waals surface area contributed by atoms with Gasteiger partial charge in [-0.05, 0) is 50.3 Å². The molecule has 3 rings (SSSR count). The van der Waals surface area contributed by atoms with Crippen molar-refractivity contribution in [2.24, 2.45) is 0 Å². The van der Waals surface area contributed by atoms with Gasteiger partial charge in [-0.15, -0.1) is 0 Å². The van der Waals surface area contributed by atoms with Gasteiger partial charge < -0.3 is 4.90 Å². The lowest BCUT2D eigenvalue weighted by Gasteiger charge is -2.23. The fourth-order valence-electron chi connectivity index (χ4n) is 3.03. The van der Waals surface area contributed by atoms with Crippen LogP contribution in [-0.2, 0) is 10.0 Å². The van der Waals surface area contributed by atoms with Gasteiger partial charge in [-0.2, -0.15) is 0 Å². The lowest BCUT2D eigenvalue weighted by atomic mass is 10.1. The summed E-state index contributed by atoms with van der Waals surface area (Å²) in [6, 6.07) is 16.3. The fraction of sp³-hybridized carbons (Fsp3) is 0.250. The molecule has 0 bridgehead atoms. The number of nitrogens with zero attached hydrogens (tertiary/aromatic N) is 2. The lowest BCUT2D eigenvalue weighted by Crippen LogP contribution is -2.35. The Kier molecular flexibility index (Phi) is 5.36. The van der Waals surface area contributed by atoms with Gasteiger partial charge in [0, 0.05) is 18.1 Å². The van der Waals surface area contributed by atoms with Crippen molar-refractivity contribution in [2.45, 2.75) is 17.9 Å². The third-order valence-electron chi connectivity index (χ3n) is 4.27. The van der Waals surface area contributed by atoms with Crippen LogP contribution >= 0.6 is 0 Å². The Morgan fingerprint density at radius 3 is 2.46 bits per heavy atom. The van der Waals surface area contributed by atoms with E-state index in [0.717, 1.165) is 11.1 Å². The first-order valence-electron chi connectivity index (χ1n) is 8.45. The van der Waals surface area contributed by atoms with Crippen molar-refractivity contribution in [3.8, 4) is 0 Å². The number of aryl methyl sites for hydroxylation is 1. The Hall–Kier alpha value is -2.28. The molecule has 0 aliphatic carbocycles. The van der Waals surface area contributed by atoms with Crippen molar-refractivity contribution in [2.75, 3.05) is 20.6 Å². The van der Waals surface area contributed by atoms with E-state index >= 15 is 0 Å². The molecule has 1 atom stereocenters. The molecule has 0 amide bonds. The normalized spacial score (nSPS) is 13.2. The Labute approximate surface area is 154 Å². The topological polar surface area (TPSA) is 62.3 Å². The van der Waals surface area contributed by atoms with Gasteiger partial charge in [0.15, 0.2) is 0 Å². The Balaban J connectivity index is 2.03. The number of likely N-dealkylation sites (N-methyl/N-ethyl adjacent to an activating group) is 1. The van der Waals surface area contributed by atoms with Crippen LogP contribution in [0, 0.1) is 6.92 Å². The van der Waals surface area contributed by atoms with E-state index in [-0.39, 0.29) is 10.9 Å². The standard InChI is InChI=1S/C20H23N3O2S/c1-15-11-12-19(17-10-7-13-21-20(15)17)26(24,25)22-18(14-23(2)3)16-8-5-4-6-9-16/h4-13,18,22H,14H2,1-3H3/t18-/m1/s1. The van der Waals surface area contributed by atoms with Crippen molar-refractivity contribution in [1.29, 1.82) is 0 Å². The zero-order valence-corrected chi connectivity index (χ0v) is 16.0. The maximum absolute atomic E-state index is 13.2. The van der Waals surface area contributed by atoms with E-state index in [0.29, 0.717) is 17.4 Å². The molecule has 0 fully saturated rings. The average molecular weight is 369 g/mol. The van der Waals surface area contributed by atoms with Gasteiger partial charge in [0.05, 0.1) is 16.5 Å². The molecule has 0 aliphatic heterocycles. The van der Waals surface area contributed by atoms with E-state index in [1.165, 1.54) is 0 Å². The quantitative estimate of drug-likeness (QED) is 0.725. The van der Waals surface area contributed by atoms with Crippen LogP contribution < -0.4 is 4.72 Å². The number of sulfonamides is 1. The maximum atomic E-state index is 13.2. The number of hydrogen-bond acceptors (Lipinski definition) is 4. The molecule has 2 aromatic carbocycles. The number of rotatable bonds is 6. The Bertz CT molecular complexity index is 1000. The van der Waals surface area contributed by atoms with Crippen LogP contribution in [0.1, 0.15) is 17.2 Å². The van der Waals surface area contributed by atoms with E-state index < -0.39 is 10.0 Å². The van der Waals surface area contributed by atoms with Crippen molar-refractivity contribution in [1.82, 2.24) is 14.6 Å². The number of fused-ring (bicyclic) bond motifs is 1. The second-order valence-electron chi connectivity index (χ2n) is 6.63. The molecule has 0 radical (unpaired) electrons. The third-order valence-corrected chi connectivity index (χ3v) is 5.80. The number of aromatic nitrogens is 1. The summed E-state index contributed by atoms with van der Waals surface area (Å²) in [7, 11) is 0.139. The van der Waals surface area contributed by atoms with Crippen molar-refractivity contribution < 1.29 is 8.42 Å². The van der Waals surface area contributed by atoms with E-state index in [1.807, 2.05) is 56.3 Å². The monoisotopic (exact) mass is 369 g/mol. The molecule has 6 heteroatoms. The molecule has 0 unspecified atom stereocenters. The first-order chi connectivity index (χ1) is 12.4. The van der Waals surface area contributed by atoms with Gasteiger partial charge in [0.1, 0.15) is 0 Å². The van der Waals surface area contributed by atoms with Crippen LogP contribution in [0.3, 0.4) is 0 Å². The Morgan fingerprint density at radius 1 is 1.04 bits per heavy atom. The summed E-state index contributed by atoms with van der Waals surface area (Å²) < 4.78 is 29.2. The minimum absolute atomic E-state index is 0.255. The van der Waals surface area contributed by atoms with Crippen LogP contribution in [0.25, 0.3) is 10.9 Å². The highest BCUT2D eigenvalue weighted by molar-refractivity contribution is 7.89. The first kappa shape index (κ1) is 18.5. The summed E-state index contributed by atoms with van der Waals surface area (Å²) in [6.45, 7) is 2.49. The van der Waals surface area contributed by atoms with E-state index in [4.69, 9.17) is 0 Å². The highest BCUT2D eigenvalue weighted by Gasteiger charge is 2.24. The smallest absolute Gasteiger partial charge is 0.241 e. The van der Waals surface area contributed by atoms with Crippen LogP contribution in [0.15, 0.2) is 65.7 Å². The lowest BCUT2D eigenvalue weighted by molar-refractivity contribution is 0.363. The molecule has 0 saturated carbocycles. The summed E-state index contributed by atoms with van der Waals surface area (Å²) in [5, 5.41) is 0.636. The minimum atomic E-state index is -3.71. The second kappa shape index (κ2) is 7.53. The van der Waals surface area contributed by atoms with Gasteiger partial charge in [-0.1, -0.05) is 36.4 Å². The van der Waals surface area contributed by atoms with Gasteiger partial charge in [-0.25, -0.2) is 13.1 Å². The van der Waals surface area contributed by atoms with Crippen LogP contribution in [0.4, 0.5) is 0 Å². The summed E-state index contributed by atoms with van der Waals surface area (Å²) in [4.78, 5) is 6.56. The molecule has 5 nitrogen and oxygen atoms in total. The van der Waals surface area contributed by atoms with Crippen molar-refractivity contribution in [3.63, 3.8) is 0 Å². The molecule has 26 heavy (non-hydrogen) atoms.